The van der Waals surface area contributed by atoms with E-state index in [9.17, 15) is 4.39 Å². The monoisotopic (exact) mass is 328 g/mol. The van der Waals surface area contributed by atoms with Gasteiger partial charge in [-0.1, -0.05) is 51.8 Å². The summed E-state index contributed by atoms with van der Waals surface area (Å²) in [5.41, 5.74) is 1.40. The minimum atomic E-state index is -0.348. The average Bonchev–Trinajstić information content (AvgIpc) is 2.38. The molecule has 0 amide bonds. The number of rotatable bonds is 4. The van der Waals surface area contributed by atoms with Crippen LogP contribution in [0, 0.1) is 5.82 Å². The van der Waals surface area contributed by atoms with Crippen molar-refractivity contribution in [2.75, 3.05) is 0 Å². The van der Waals surface area contributed by atoms with E-state index >= 15 is 0 Å². The lowest BCUT2D eigenvalue weighted by molar-refractivity contribution is 0.298. The number of halogens is 3. The molecule has 0 aliphatic carbocycles. The lowest BCUT2D eigenvalue weighted by Gasteiger charge is -2.11. The van der Waals surface area contributed by atoms with Gasteiger partial charge in [0, 0.05) is 16.5 Å². The molecule has 94 valence electrons. The number of para-hydroxylation sites is 1. The molecule has 4 heteroatoms. The van der Waals surface area contributed by atoms with Crippen LogP contribution in [0.3, 0.4) is 0 Å². The zero-order valence-corrected chi connectivity index (χ0v) is 11.8. The molecule has 0 radical (unpaired) electrons. The van der Waals surface area contributed by atoms with Gasteiger partial charge in [0.05, 0.1) is 5.02 Å². The van der Waals surface area contributed by atoms with Gasteiger partial charge in [0.2, 0.25) is 0 Å². The lowest BCUT2D eigenvalue weighted by atomic mass is 10.2. The Hall–Kier alpha value is -1.06. The van der Waals surface area contributed by atoms with E-state index in [2.05, 4.69) is 15.9 Å². The molecule has 0 atom stereocenters. The van der Waals surface area contributed by atoms with E-state index in [0.29, 0.717) is 15.9 Å². The fraction of sp³-hybridized carbons (Fsp3) is 0.143. The Morgan fingerprint density at radius 1 is 1.11 bits per heavy atom. The summed E-state index contributed by atoms with van der Waals surface area (Å²) in [5.74, 6) is 0.382. The third-order valence-corrected chi connectivity index (χ3v) is 3.51. The molecule has 0 aromatic heterocycles. The molecule has 0 N–H and O–H groups in total. The van der Waals surface area contributed by atoms with Crippen LogP contribution in [0.5, 0.6) is 5.75 Å². The Labute approximate surface area is 119 Å². The second kappa shape index (κ2) is 6.21. The maximum atomic E-state index is 13.6. The van der Waals surface area contributed by atoms with Gasteiger partial charge in [0.1, 0.15) is 18.2 Å². The van der Waals surface area contributed by atoms with E-state index in [-0.39, 0.29) is 12.4 Å². The smallest absolute Gasteiger partial charge is 0.131 e. The number of hydrogen-bond acceptors (Lipinski definition) is 1. The van der Waals surface area contributed by atoms with Crippen molar-refractivity contribution in [3.63, 3.8) is 0 Å². The van der Waals surface area contributed by atoms with Gasteiger partial charge in [-0.3, -0.25) is 0 Å². The fourth-order valence-electron chi connectivity index (χ4n) is 1.58. The molecule has 0 fully saturated rings. The van der Waals surface area contributed by atoms with Gasteiger partial charge in [-0.05, 0) is 18.2 Å². The third-order valence-electron chi connectivity index (χ3n) is 2.55. The van der Waals surface area contributed by atoms with Crippen LogP contribution in [0.15, 0.2) is 42.5 Å². The zero-order chi connectivity index (χ0) is 13.0. The van der Waals surface area contributed by atoms with E-state index in [4.69, 9.17) is 16.3 Å². The van der Waals surface area contributed by atoms with Crippen molar-refractivity contribution >= 4 is 27.5 Å². The summed E-state index contributed by atoms with van der Waals surface area (Å²) in [7, 11) is 0. The van der Waals surface area contributed by atoms with E-state index < -0.39 is 0 Å². The minimum absolute atomic E-state index is 0.121. The topological polar surface area (TPSA) is 9.23 Å². The van der Waals surface area contributed by atoms with Crippen LogP contribution >= 0.6 is 27.5 Å². The second-order valence-electron chi connectivity index (χ2n) is 3.73. The summed E-state index contributed by atoms with van der Waals surface area (Å²) in [4.78, 5) is 0. The van der Waals surface area contributed by atoms with Crippen LogP contribution in [0.1, 0.15) is 11.1 Å². The molecule has 0 aliphatic rings. The van der Waals surface area contributed by atoms with Gasteiger partial charge >= 0.3 is 0 Å². The van der Waals surface area contributed by atoms with Crippen LogP contribution in [0.4, 0.5) is 4.39 Å². The number of benzene rings is 2. The molecule has 18 heavy (non-hydrogen) atoms. The molecule has 0 aliphatic heterocycles. The normalized spacial score (nSPS) is 10.4. The molecule has 2 aromatic rings. The summed E-state index contributed by atoms with van der Waals surface area (Å²) in [6, 6.07) is 12.2. The predicted molar refractivity (Wildman–Crippen MR) is 74.8 cm³/mol. The highest BCUT2D eigenvalue weighted by atomic mass is 79.9. The lowest BCUT2D eigenvalue weighted by Crippen LogP contribution is -2.01. The highest BCUT2D eigenvalue weighted by Crippen LogP contribution is 2.24. The number of hydrogen-bond donors (Lipinski definition) is 0. The molecule has 0 heterocycles. The Balaban J connectivity index is 2.16. The van der Waals surface area contributed by atoms with Gasteiger partial charge < -0.3 is 4.74 Å². The van der Waals surface area contributed by atoms with Crippen molar-refractivity contribution in [1.82, 2.24) is 0 Å². The van der Waals surface area contributed by atoms with Gasteiger partial charge in [-0.25, -0.2) is 4.39 Å². The van der Waals surface area contributed by atoms with Crippen LogP contribution in [-0.4, -0.2) is 0 Å². The summed E-state index contributed by atoms with van der Waals surface area (Å²) in [6.07, 6.45) is 0. The first-order valence-corrected chi connectivity index (χ1v) is 6.92. The SMILES string of the molecule is Fc1cccc(Cl)c1COc1ccccc1CBr. The van der Waals surface area contributed by atoms with Crippen molar-refractivity contribution in [2.24, 2.45) is 0 Å². The first-order chi connectivity index (χ1) is 8.72. The zero-order valence-electron chi connectivity index (χ0n) is 9.50. The molecule has 2 aromatic carbocycles. The van der Waals surface area contributed by atoms with Crippen molar-refractivity contribution < 1.29 is 9.13 Å². The first kappa shape index (κ1) is 13.4. The van der Waals surface area contributed by atoms with Crippen LogP contribution in [-0.2, 0) is 11.9 Å². The molecule has 0 saturated heterocycles. The van der Waals surface area contributed by atoms with E-state index in [1.807, 2.05) is 24.3 Å². The quantitative estimate of drug-likeness (QED) is 0.721. The summed E-state index contributed by atoms with van der Waals surface area (Å²) >= 11 is 9.32. The van der Waals surface area contributed by atoms with Crippen molar-refractivity contribution in [3.05, 3.63) is 64.4 Å². The Bertz CT molecular complexity index is 525. The molecule has 0 spiro atoms. The molecule has 1 nitrogen and oxygen atoms in total. The number of ether oxygens (including phenoxy) is 1. The van der Waals surface area contributed by atoms with Crippen molar-refractivity contribution in [2.45, 2.75) is 11.9 Å². The number of alkyl halides is 1. The van der Waals surface area contributed by atoms with Crippen LogP contribution in [0.25, 0.3) is 0 Å². The summed E-state index contributed by atoms with van der Waals surface area (Å²) in [6.45, 7) is 0.121. The molecule has 0 bridgehead atoms. The Kier molecular flexibility index (Phi) is 4.61. The third kappa shape index (κ3) is 3.03. The average molecular weight is 330 g/mol. The standard InChI is InChI=1S/C14H11BrClFO/c15-8-10-4-1-2-7-14(10)18-9-11-12(16)5-3-6-13(11)17/h1-7H,8-9H2. The van der Waals surface area contributed by atoms with Crippen molar-refractivity contribution in [3.8, 4) is 5.75 Å². The van der Waals surface area contributed by atoms with Gasteiger partial charge in [0.15, 0.2) is 0 Å². The summed E-state index contributed by atoms with van der Waals surface area (Å²) in [5, 5.41) is 1.07. The first-order valence-electron chi connectivity index (χ1n) is 5.42. The summed E-state index contributed by atoms with van der Waals surface area (Å²) < 4.78 is 19.2. The van der Waals surface area contributed by atoms with E-state index in [1.54, 1.807) is 12.1 Å². The molecule has 2 rings (SSSR count). The maximum Gasteiger partial charge on any atom is 0.131 e. The fourth-order valence-corrected chi connectivity index (χ4v) is 2.26. The molecule has 0 saturated carbocycles. The maximum absolute atomic E-state index is 13.6. The Morgan fingerprint density at radius 2 is 1.89 bits per heavy atom. The highest BCUT2D eigenvalue weighted by molar-refractivity contribution is 9.08. The minimum Gasteiger partial charge on any atom is -0.488 e. The molecular formula is C14H11BrClFO. The van der Waals surface area contributed by atoms with E-state index in [1.165, 1.54) is 6.07 Å². The highest BCUT2D eigenvalue weighted by Gasteiger charge is 2.08. The van der Waals surface area contributed by atoms with Crippen molar-refractivity contribution in [1.29, 1.82) is 0 Å². The largest absolute Gasteiger partial charge is 0.488 e. The Morgan fingerprint density at radius 3 is 2.61 bits per heavy atom. The van der Waals surface area contributed by atoms with Crippen LogP contribution in [0.2, 0.25) is 5.02 Å². The predicted octanol–water partition coefficient (Wildman–Crippen LogP) is 4.95. The second-order valence-corrected chi connectivity index (χ2v) is 4.70. The van der Waals surface area contributed by atoms with Gasteiger partial charge in [-0.15, -0.1) is 0 Å². The molecule has 0 unspecified atom stereocenters. The molecular weight excluding hydrogens is 319 g/mol. The van der Waals surface area contributed by atoms with Gasteiger partial charge in [0.25, 0.3) is 0 Å². The van der Waals surface area contributed by atoms with Gasteiger partial charge in [-0.2, -0.15) is 0 Å². The van der Waals surface area contributed by atoms with E-state index in [0.717, 1.165) is 11.3 Å². The van der Waals surface area contributed by atoms with Crippen LogP contribution < -0.4 is 4.74 Å².